The molecule has 0 aliphatic carbocycles. The van der Waals surface area contributed by atoms with Gasteiger partial charge in [0.25, 0.3) is 22.5 Å². The Morgan fingerprint density at radius 3 is 1.69 bits per heavy atom. The van der Waals surface area contributed by atoms with Crippen molar-refractivity contribution in [3.8, 4) is 0 Å². The van der Waals surface area contributed by atoms with Crippen LogP contribution in [0, 0.1) is 20.8 Å². The number of nitrogens with zero attached hydrogens (tertiary/aromatic N) is 1. The topological polar surface area (TPSA) is 77.8 Å². The highest BCUT2D eigenvalue weighted by atomic mass is 32.3. The molecule has 5 nitrogen and oxygen atoms in total. The zero-order valence-corrected chi connectivity index (χ0v) is 10.8. The van der Waals surface area contributed by atoms with Crippen LogP contribution in [0.25, 0.3) is 0 Å². The lowest BCUT2D eigenvalue weighted by Crippen LogP contribution is -2.27. The van der Waals surface area contributed by atoms with Gasteiger partial charge in [0.05, 0.1) is 5.69 Å². The van der Waals surface area contributed by atoms with E-state index < -0.39 is 22.5 Å². The maximum atomic E-state index is 10.9. The average Bonchev–Trinajstić information content (AvgIpc) is 2.12. The quantitative estimate of drug-likeness (QED) is 0.813. The number of benzene rings is 1. The largest absolute Gasteiger partial charge is 0.288 e. The van der Waals surface area contributed by atoms with Crippen LogP contribution in [0.3, 0.4) is 0 Å². The van der Waals surface area contributed by atoms with E-state index in [1.54, 1.807) is 12.1 Å². The highest BCUT2D eigenvalue weighted by molar-refractivity contribution is 7.99. The Morgan fingerprint density at radius 1 is 1.00 bits per heavy atom. The van der Waals surface area contributed by atoms with Crippen molar-refractivity contribution in [2.45, 2.75) is 20.8 Å². The average molecular weight is 263 g/mol. The van der Waals surface area contributed by atoms with E-state index in [2.05, 4.69) is 0 Å². The molecule has 0 heterocycles. The van der Waals surface area contributed by atoms with Crippen LogP contribution in [-0.2, 0) is 22.5 Å². The van der Waals surface area contributed by atoms with Gasteiger partial charge in [-0.3, -0.25) is 9.11 Å². The molecule has 0 aliphatic heterocycles. The molecule has 7 heteroatoms. The Balaban J connectivity index is 3.32. The van der Waals surface area contributed by atoms with E-state index in [-0.39, 0.29) is 5.69 Å². The molecule has 0 aromatic heterocycles. The van der Waals surface area contributed by atoms with Crippen molar-refractivity contribution in [3.63, 3.8) is 0 Å². The first-order valence-corrected chi connectivity index (χ1v) is 6.57. The first kappa shape index (κ1) is 13.3. The molecule has 2 N–H and O–H groups in total. The van der Waals surface area contributed by atoms with Gasteiger partial charge >= 0.3 is 0 Å². The summed E-state index contributed by atoms with van der Waals surface area (Å²) in [7, 11) is 0. The second-order valence-electron chi connectivity index (χ2n) is 3.42. The molecule has 0 spiro atoms. The summed E-state index contributed by atoms with van der Waals surface area (Å²) in [6.07, 6.45) is 0. The van der Waals surface area contributed by atoms with Crippen molar-refractivity contribution in [3.05, 3.63) is 28.8 Å². The van der Waals surface area contributed by atoms with Crippen LogP contribution >= 0.6 is 0 Å². The van der Waals surface area contributed by atoms with Crippen LogP contribution in [0.1, 0.15) is 16.7 Å². The van der Waals surface area contributed by atoms with Gasteiger partial charge in [-0.25, -0.2) is 8.42 Å². The van der Waals surface area contributed by atoms with Gasteiger partial charge in [-0.15, -0.1) is 0 Å². The molecule has 0 saturated carbocycles. The van der Waals surface area contributed by atoms with Crippen LogP contribution in [-0.4, -0.2) is 17.5 Å². The molecule has 0 amide bonds. The third kappa shape index (κ3) is 2.67. The summed E-state index contributed by atoms with van der Waals surface area (Å²) in [6, 6.07) is 3.20. The van der Waals surface area contributed by atoms with Gasteiger partial charge in [0.2, 0.25) is 0 Å². The van der Waals surface area contributed by atoms with E-state index in [0.29, 0.717) is 3.71 Å². The standard InChI is InChI=1S/C9H13NO4S2/c1-6-4-9(5-7(2)8(6)3)10(15(11)12)16(13)14/h4-5H,1-3H3,(H,11,12)(H,13,14). The Labute approximate surface area is 99.3 Å². The molecule has 2 unspecified atom stereocenters. The normalized spacial score (nSPS) is 14.6. The number of anilines is 1. The number of aryl methyl sites for hydroxylation is 2. The summed E-state index contributed by atoms with van der Waals surface area (Å²) in [5.74, 6) is 0. The van der Waals surface area contributed by atoms with Crippen LogP contribution < -0.4 is 3.71 Å². The molecule has 1 aromatic rings. The zero-order chi connectivity index (χ0) is 12.5. The lowest BCUT2D eigenvalue weighted by molar-refractivity contribution is 0.550. The second kappa shape index (κ2) is 5.05. The minimum atomic E-state index is -2.52. The van der Waals surface area contributed by atoms with Crippen molar-refractivity contribution in [1.82, 2.24) is 0 Å². The molecule has 16 heavy (non-hydrogen) atoms. The van der Waals surface area contributed by atoms with Gasteiger partial charge < -0.3 is 0 Å². The molecule has 1 aromatic carbocycles. The van der Waals surface area contributed by atoms with Gasteiger partial charge in [-0.05, 0) is 49.6 Å². The molecule has 0 bridgehead atoms. The Kier molecular flexibility index (Phi) is 4.20. The number of hydrogen-bond acceptors (Lipinski definition) is 2. The fraction of sp³-hybridized carbons (Fsp3) is 0.333. The van der Waals surface area contributed by atoms with E-state index >= 15 is 0 Å². The lowest BCUT2D eigenvalue weighted by Gasteiger charge is -2.17. The summed E-state index contributed by atoms with van der Waals surface area (Å²) in [5, 5.41) is 0. The SMILES string of the molecule is Cc1cc(N(S(=O)O)S(=O)O)cc(C)c1C. The molecular weight excluding hydrogens is 250 g/mol. The molecule has 2 atom stereocenters. The van der Waals surface area contributed by atoms with Crippen molar-refractivity contribution in [2.75, 3.05) is 3.71 Å². The Morgan fingerprint density at radius 2 is 1.38 bits per heavy atom. The van der Waals surface area contributed by atoms with E-state index in [1.807, 2.05) is 20.8 Å². The molecule has 0 fully saturated rings. The fourth-order valence-corrected chi connectivity index (χ4v) is 2.36. The second-order valence-corrected chi connectivity index (χ2v) is 5.31. The molecule has 0 radical (unpaired) electrons. The maximum Gasteiger partial charge on any atom is 0.276 e. The summed E-state index contributed by atoms with van der Waals surface area (Å²) in [4.78, 5) is 0. The van der Waals surface area contributed by atoms with Crippen LogP contribution in [0.2, 0.25) is 0 Å². The Hall–Kier alpha value is -0.760. The first-order chi connectivity index (χ1) is 7.34. The van der Waals surface area contributed by atoms with Crippen LogP contribution in [0.15, 0.2) is 12.1 Å². The van der Waals surface area contributed by atoms with E-state index in [4.69, 9.17) is 9.11 Å². The van der Waals surface area contributed by atoms with Gasteiger partial charge in [0.1, 0.15) is 0 Å². The third-order valence-corrected chi connectivity index (χ3v) is 4.16. The van der Waals surface area contributed by atoms with E-state index in [9.17, 15) is 8.42 Å². The van der Waals surface area contributed by atoms with Crippen LogP contribution in [0.5, 0.6) is 0 Å². The van der Waals surface area contributed by atoms with Gasteiger partial charge in [-0.2, -0.15) is 3.71 Å². The zero-order valence-electron chi connectivity index (χ0n) is 9.13. The minimum absolute atomic E-state index is 0.252. The summed E-state index contributed by atoms with van der Waals surface area (Å²) in [5.41, 5.74) is 3.10. The highest BCUT2D eigenvalue weighted by Gasteiger charge is 2.19. The molecular formula is C9H13NO4S2. The van der Waals surface area contributed by atoms with E-state index in [1.165, 1.54) is 0 Å². The fourth-order valence-electron chi connectivity index (χ4n) is 1.35. The Bertz CT molecular complexity index is 424. The highest BCUT2D eigenvalue weighted by Crippen LogP contribution is 2.24. The number of hydrogen-bond donors (Lipinski definition) is 2. The monoisotopic (exact) mass is 263 g/mol. The first-order valence-electron chi connectivity index (χ1n) is 4.44. The van der Waals surface area contributed by atoms with Gasteiger partial charge in [-0.1, -0.05) is 0 Å². The third-order valence-electron chi connectivity index (χ3n) is 2.41. The van der Waals surface area contributed by atoms with Crippen molar-refractivity contribution in [2.24, 2.45) is 0 Å². The summed E-state index contributed by atoms with van der Waals surface area (Å²) >= 11 is -5.05. The summed E-state index contributed by atoms with van der Waals surface area (Å²) in [6.45, 7) is 5.60. The molecule has 1 rings (SSSR count). The maximum absolute atomic E-state index is 10.9. The van der Waals surface area contributed by atoms with Crippen molar-refractivity contribution in [1.29, 1.82) is 0 Å². The molecule has 90 valence electrons. The molecule has 0 saturated heterocycles. The lowest BCUT2D eigenvalue weighted by atomic mass is 10.0. The van der Waals surface area contributed by atoms with Gasteiger partial charge in [0, 0.05) is 0 Å². The van der Waals surface area contributed by atoms with E-state index in [0.717, 1.165) is 16.7 Å². The van der Waals surface area contributed by atoms with Crippen molar-refractivity contribution >= 4 is 28.2 Å². The summed E-state index contributed by atoms with van der Waals surface area (Å²) < 4.78 is 40.3. The smallest absolute Gasteiger partial charge is 0.276 e. The molecule has 0 aliphatic rings. The number of rotatable bonds is 3. The minimum Gasteiger partial charge on any atom is -0.288 e. The van der Waals surface area contributed by atoms with Crippen LogP contribution in [0.4, 0.5) is 5.69 Å². The van der Waals surface area contributed by atoms with Crippen molar-refractivity contribution < 1.29 is 17.5 Å². The predicted octanol–water partition coefficient (Wildman–Crippen LogP) is 1.69. The van der Waals surface area contributed by atoms with Gasteiger partial charge in [0.15, 0.2) is 0 Å². The predicted molar refractivity (Wildman–Crippen MR) is 64.7 cm³/mol.